The Balaban J connectivity index is 2.92. The summed E-state index contributed by atoms with van der Waals surface area (Å²) in [6.07, 6.45) is 1.64. The molecule has 3 N–H and O–H groups in total. The van der Waals surface area contributed by atoms with Crippen molar-refractivity contribution >= 4 is 32.2 Å². The number of sulfonamides is 1. The molecule has 0 aliphatic heterocycles. The third-order valence-corrected chi connectivity index (χ3v) is 6.06. The van der Waals surface area contributed by atoms with Crippen molar-refractivity contribution < 1.29 is 12.6 Å². The molecule has 1 rings (SSSR count). The van der Waals surface area contributed by atoms with Crippen LogP contribution in [0.4, 0.5) is 11.4 Å². The highest BCUT2D eigenvalue weighted by atomic mass is 32.2. The number of nitrogen functional groups attached to an aromatic ring is 1. The lowest BCUT2D eigenvalue weighted by atomic mass is 10.2. The van der Waals surface area contributed by atoms with Crippen LogP contribution < -0.4 is 11.1 Å². The van der Waals surface area contributed by atoms with Crippen LogP contribution in [0, 0.1) is 0 Å². The van der Waals surface area contributed by atoms with Gasteiger partial charge in [0.1, 0.15) is 0 Å². The van der Waals surface area contributed by atoms with Gasteiger partial charge in [-0.15, -0.1) is 0 Å². The molecular weight excluding hydrogens is 298 g/mol. The van der Waals surface area contributed by atoms with Crippen LogP contribution in [0.15, 0.2) is 23.1 Å². The van der Waals surface area contributed by atoms with E-state index in [2.05, 4.69) is 5.32 Å². The Morgan fingerprint density at radius 2 is 2.00 bits per heavy atom. The summed E-state index contributed by atoms with van der Waals surface area (Å²) in [5, 5.41) is 3.06. The molecule has 2 atom stereocenters. The number of hydrogen-bond donors (Lipinski definition) is 2. The molecule has 0 bridgehead atoms. The lowest BCUT2D eigenvalue weighted by molar-refractivity contribution is 0.521. The van der Waals surface area contributed by atoms with Crippen LogP contribution in [-0.4, -0.2) is 49.1 Å². The van der Waals surface area contributed by atoms with Gasteiger partial charge in [0.25, 0.3) is 0 Å². The van der Waals surface area contributed by atoms with E-state index in [0.717, 1.165) is 4.31 Å². The molecule has 8 heteroatoms. The first-order valence-corrected chi connectivity index (χ1v) is 9.10. The normalized spacial score (nSPS) is 15.1. The van der Waals surface area contributed by atoms with E-state index in [-0.39, 0.29) is 10.1 Å². The Morgan fingerprint density at radius 3 is 2.45 bits per heavy atom. The van der Waals surface area contributed by atoms with E-state index in [9.17, 15) is 12.6 Å². The highest BCUT2D eigenvalue weighted by Gasteiger charge is 2.18. The quantitative estimate of drug-likeness (QED) is 0.753. The summed E-state index contributed by atoms with van der Waals surface area (Å²) in [6.45, 7) is 2.37. The highest BCUT2D eigenvalue weighted by Crippen LogP contribution is 2.24. The third kappa shape index (κ3) is 3.94. The minimum atomic E-state index is -3.48. The van der Waals surface area contributed by atoms with Crippen LogP contribution in [-0.2, 0) is 20.8 Å². The first-order valence-electron chi connectivity index (χ1n) is 6.04. The average molecular weight is 319 g/mol. The molecule has 0 aromatic heterocycles. The number of anilines is 2. The van der Waals surface area contributed by atoms with Crippen molar-refractivity contribution in [2.24, 2.45) is 0 Å². The summed E-state index contributed by atoms with van der Waals surface area (Å²) < 4.78 is 36.3. The molecule has 0 saturated carbocycles. The fraction of sp³-hybridized carbons (Fsp3) is 0.500. The van der Waals surface area contributed by atoms with Crippen molar-refractivity contribution in [3.63, 3.8) is 0 Å². The van der Waals surface area contributed by atoms with Gasteiger partial charge < -0.3 is 11.1 Å². The van der Waals surface area contributed by atoms with Gasteiger partial charge in [0, 0.05) is 42.9 Å². The van der Waals surface area contributed by atoms with Gasteiger partial charge >= 0.3 is 0 Å². The Kier molecular flexibility index (Phi) is 5.55. The van der Waals surface area contributed by atoms with Gasteiger partial charge in [-0.3, -0.25) is 4.21 Å². The number of hydrogen-bond acceptors (Lipinski definition) is 5. The van der Waals surface area contributed by atoms with Crippen LogP contribution in [0.1, 0.15) is 6.92 Å². The molecule has 0 amide bonds. The van der Waals surface area contributed by atoms with Crippen molar-refractivity contribution in [1.82, 2.24) is 4.31 Å². The molecule has 114 valence electrons. The number of nitrogens with zero attached hydrogens (tertiary/aromatic N) is 1. The van der Waals surface area contributed by atoms with Gasteiger partial charge in [-0.05, 0) is 25.1 Å². The lowest BCUT2D eigenvalue weighted by Crippen LogP contribution is -2.23. The Morgan fingerprint density at radius 1 is 1.40 bits per heavy atom. The largest absolute Gasteiger partial charge is 0.397 e. The van der Waals surface area contributed by atoms with Gasteiger partial charge in [0.2, 0.25) is 10.0 Å². The van der Waals surface area contributed by atoms with E-state index in [1.54, 1.807) is 12.3 Å². The van der Waals surface area contributed by atoms with Crippen molar-refractivity contribution in [3.8, 4) is 0 Å². The summed E-state index contributed by atoms with van der Waals surface area (Å²) >= 11 is 0. The minimum Gasteiger partial charge on any atom is -0.397 e. The predicted octanol–water partition coefficient (Wildman–Crippen LogP) is 0.698. The second-order valence-corrected chi connectivity index (χ2v) is 8.68. The van der Waals surface area contributed by atoms with Crippen LogP contribution in [0.3, 0.4) is 0 Å². The summed E-state index contributed by atoms with van der Waals surface area (Å²) in [7, 11) is -1.47. The molecule has 0 fully saturated rings. The molecule has 6 nitrogen and oxygen atoms in total. The van der Waals surface area contributed by atoms with Gasteiger partial charge in [0.05, 0.1) is 16.3 Å². The standard InChI is InChI=1S/C12H21N3O3S2/c1-9(19(4)16)8-14-12-6-5-10(7-11(12)13)20(17,18)15(2)3/h5-7,9,14H,8,13H2,1-4H3. The monoisotopic (exact) mass is 319 g/mol. The summed E-state index contributed by atoms with van der Waals surface area (Å²) in [5.41, 5.74) is 6.85. The van der Waals surface area contributed by atoms with Crippen LogP contribution in [0.2, 0.25) is 0 Å². The zero-order chi connectivity index (χ0) is 15.5. The number of nitrogens with two attached hydrogens (primary N) is 1. The molecule has 0 aliphatic rings. The molecule has 1 aromatic rings. The van der Waals surface area contributed by atoms with E-state index >= 15 is 0 Å². The van der Waals surface area contributed by atoms with E-state index < -0.39 is 20.8 Å². The molecule has 0 saturated heterocycles. The number of rotatable bonds is 6. The second kappa shape index (κ2) is 6.55. The summed E-state index contributed by atoms with van der Waals surface area (Å²) in [5.74, 6) is 0. The van der Waals surface area contributed by atoms with Crippen LogP contribution in [0.5, 0.6) is 0 Å². The molecule has 2 unspecified atom stereocenters. The fourth-order valence-electron chi connectivity index (χ4n) is 1.44. The van der Waals surface area contributed by atoms with Crippen molar-refractivity contribution in [1.29, 1.82) is 0 Å². The smallest absolute Gasteiger partial charge is 0.242 e. The molecule has 0 heterocycles. The zero-order valence-corrected chi connectivity index (χ0v) is 13.7. The van der Waals surface area contributed by atoms with Gasteiger partial charge in [0.15, 0.2) is 0 Å². The molecule has 0 radical (unpaired) electrons. The molecule has 20 heavy (non-hydrogen) atoms. The van der Waals surface area contributed by atoms with Crippen LogP contribution >= 0.6 is 0 Å². The first-order chi connectivity index (χ1) is 9.16. The number of benzene rings is 1. The SMILES string of the molecule is CC(CNc1ccc(S(=O)(=O)N(C)C)cc1N)S(C)=O. The maximum atomic E-state index is 12.0. The topological polar surface area (TPSA) is 92.5 Å². The zero-order valence-electron chi connectivity index (χ0n) is 12.1. The Labute approximate surface area is 122 Å². The van der Waals surface area contributed by atoms with Crippen molar-refractivity contribution in [2.45, 2.75) is 17.1 Å². The fourth-order valence-corrected chi connectivity index (χ4v) is 2.70. The number of nitrogens with one attached hydrogen (secondary N) is 1. The molecule has 0 aliphatic carbocycles. The van der Waals surface area contributed by atoms with E-state index in [1.807, 2.05) is 6.92 Å². The molecule has 0 spiro atoms. The predicted molar refractivity (Wildman–Crippen MR) is 83.7 cm³/mol. The molecule has 1 aromatic carbocycles. The lowest BCUT2D eigenvalue weighted by Gasteiger charge is -2.15. The molecular formula is C12H21N3O3S2. The van der Waals surface area contributed by atoms with Crippen LogP contribution in [0.25, 0.3) is 0 Å². The van der Waals surface area contributed by atoms with E-state index in [4.69, 9.17) is 5.73 Å². The minimum absolute atomic E-state index is 0.0143. The summed E-state index contributed by atoms with van der Waals surface area (Å²) in [4.78, 5) is 0.151. The third-order valence-electron chi connectivity index (χ3n) is 2.95. The second-order valence-electron chi connectivity index (χ2n) is 4.73. The van der Waals surface area contributed by atoms with Gasteiger partial charge in [-0.1, -0.05) is 0 Å². The maximum absolute atomic E-state index is 12.0. The Hall–Kier alpha value is -1.12. The average Bonchev–Trinajstić information content (AvgIpc) is 2.36. The van der Waals surface area contributed by atoms with Crippen molar-refractivity contribution in [3.05, 3.63) is 18.2 Å². The first kappa shape index (κ1) is 16.9. The van der Waals surface area contributed by atoms with Gasteiger partial charge in [-0.25, -0.2) is 12.7 Å². The van der Waals surface area contributed by atoms with E-state index in [1.165, 1.54) is 26.2 Å². The van der Waals surface area contributed by atoms with E-state index in [0.29, 0.717) is 17.9 Å². The summed E-state index contributed by atoms with van der Waals surface area (Å²) in [6, 6.07) is 4.55. The van der Waals surface area contributed by atoms with Gasteiger partial charge in [-0.2, -0.15) is 0 Å². The Bertz CT molecular complexity index is 600. The van der Waals surface area contributed by atoms with Crippen molar-refractivity contribution in [2.75, 3.05) is 37.9 Å². The maximum Gasteiger partial charge on any atom is 0.242 e. The highest BCUT2D eigenvalue weighted by molar-refractivity contribution is 7.89.